The van der Waals surface area contributed by atoms with Crippen molar-refractivity contribution in [2.75, 3.05) is 0 Å². The molecule has 2 amide bonds. The van der Waals surface area contributed by atoms with Gasteiger partial charge in [0.05, 0.1) is 0 Å². The molecule has 0 bridgehead atoms. The van der Waals surface area contributed by atoms with Crippen LogP contribution in [0.15, 0.2) is 115 Å². The summed E-state index contributed by atoms with van der Waals surface area (Å²) in [6.07, 6.45) is 1.49. The van der Waals surface area contributed by atoms with E-state index < -0.39 is 0 Å². The molecule has 0 aliphatic heterocycles. The van der Waals surface area contributed by atoms with Crippen LogP contribution in [0.2, 0.25) is 20.1 Å². The summed E-state index contributed by atoms with van der Waals surface area (Å²) in [5.41, 5.74) is 4.15. The number of rotatable bonds is 10. The van der Waals surface area contributed by atoms with Crippen LogP contribution in [-0.4, -0.2) is 26.6 Å². The van der Waals surface area contributed by atoms with E-state index in [1.54, 1.807) is 70.5 Å². The van der Waals surface area contributed by atoms with Crippen molar-refractivity contribution in [3.63, 3.8) is 0 Å². The first-order valence-electron chi connectivity index (χ1n) is 13.8. The second-order valence-electron chi connectivity index (χ2n) is 10.3. The van der Waals surface area contributed by atoms with E-state index in [0.717, 1.165) is 22.3 Å². The van der Waals surface area contributed by atoms with Crippen molar-refractivity contribution in [3.05, 3.63) is 169 Å². The smallest absolute Gasteiger partial charge is 0.273 e. The summed E-state index contributed by atoms with van der Waals surface area (Å²) in [6.45, 7) is 1.31. The summed E-state index contributed by atoms with van der Waals surface area (Å²) in [7, 11) is 0. The fourth-order valence-electron chi connectivity index (χ4n) is 4.66. The van der Waals surface area contributed by atoms with E-state index in [1.165, 1.54) is 6.20 Å². The molecule has 0 N–H and O–H groups in total. The molecule has 0 fully saturated rings. The molecule has 0 unspecified atom stereocenters. The Morgan fingerprint density at radius 2 is 0.795 bits per heavy atom. The molecule has 44 heavy (non-hydrogen) atoms. The maximum atomic E-state index is 14.0. The van der Waals surface area contributed by atoms with Crippen LogP contribution in [0.25, 0.3) is 0 Å². The SMILES string of the molecule is O=C(c1ccnc(C(=O)N(Cc2ccc(Cl)cc2)Cc2ccc(Cl)cc2)c1)N(Cc1ccc(Cl)cc1)Cc1ccc(Cl)cc1. The van der Waals surface area contributed by atoms with Gasteiger partial charge in [0.25, 0.3) is 11.8 Å². The summed E-state index contributed by atoms with van der Waals surface area (Å²) in [6, 6.07) is 32.6. The topological polar surface area (TPSA) is 53.5 Å². The number of carbonyl (C=O) groups excluding carboxylic acids is 2. The van der Waals surface area contributed by atoms with Gasteiger partial charge in [-0.3, -0.25) is 14.6 Å². The summed E-state index contributed by atoms with van der Waals surface area (Å²) >= 11 is 24.4. The molecule has 0 radical (unpaired) electrons. The molecule has 0 spiro atoms. The lowest BCUT2D eigenvalue weighted by Gasteiger charge is -2.25. The molecular weight excluding hydrogens is 636 g/mol. The van der Waals surface area contributed by atoms with Crippen molar-refractivity contribution < 1.29 is 9.59 Å². The first-order chi connectivity index (χ1) is 21.2. The fourth-order valence-corrected chi connectivity index (χ4v) is 5.17. The Morgan fingerprint density at radius 3 is 1.14 bits per heavy atom. The van der Waals surface area contributed by atoms with E-state index in [2.05, 4.69) is 4.98 Å². The molecule has 0 saturated carbocycles. The van der Waals surface area contributed by atoms with Crippen molar-refractivity contribution in [1.82, 2.24) is 14.8 Å². The third-order valence-corrected chi connectivity index (χ3v) is 7.96. The Morgan fingerprint density at radius 1 is 0.477 bits per heavy atom. The molecule has 5 rings (SSSR count). The van der Waals surface area contributed by atoms with Crippen LogP contribution >= 0.6 is 46.4 Å². The van der Waals surface area contributed by atoms with Crippen molar-refractivity contribution in [2.45, 2.75) is 26.2 Å². The lowest BCUT2D eigenvalue weighted by Crippen LogP contribution is -2.32. The van der Waals surface area contributed by atoms with Crippen LogP contribution in [0.1, 0.15) is 43.1 Å². The first-order valence-corrected chi connectivity index (χ1v) is 15.3. The number of hydrogen-bond donors (Lipinski definition) is 0. The van der Waals surface area contributed by atoms with Crippen LogP contribution < -0.4 is 0 Å². The predicted octanol–water partition coefficient (Wildman–Crippen LogP) is 9.38. The molecular formula is C35H27Cl4N3O2. The first kappa shape index (κ1) is 31.6. The summed E-state index contributed by atoms with van der Waals surface area (Å²) in [4.78, 5) is 35.7. The summed E-state index contributed by atoms with van der Waals surface area (Å²) < 4.78 is 0. The minimum Gasteiger partial charge on any atom is -0.330 e. The number of aromatic nitrogens is 1. The molecule has 0 saturated heterocycles. The van der Waals surface area contributed by atoms with E-state index >= 15 is 0 Å². The van der Waals surface area contributed by atoms with Gasteiger partial charge in [-0.25, -0.2) is 0 Å². The predicted molar refractivity (Wildman–Crippen MR) is 177 cm³/mol. The third-order valence-electron chi connectivity index (χ3n) is 6.95. The average Bonchev–Trinajstić information content (AvgIpc) is 3.04. The van der Waals surface area contributed by atoms with Crippen LogP contribution in [0.3, 0.4) is 0 Å². The zero-order valence-corrected chi connectivity index (χ0v) is 26.5. The Balaban J connectivity index is 1.43. The third kappa shape index (κ3) is 8.61. The molecule has 5 nitrogen and oxygen atoms in total. The monoisotopic (exact) mass is 661 g/mol. The van der Waals surface area contributed by atoms with E-state index in [9.17, 15) is 9.59 Å². The van der Waals surface area contributed by atoms with Crippen LogP contribution in [0.5, 0.6) is 0 Å². The molecule has 9 heteroatoms. The fraction of sp³-hybridized carbons (Fsp3) is 0.114. The second-order valence-corrected chi connectivity index (χ2v) is 12.0. The molecule has 1 heterocycles. The van der Waals surface area contributed by atoms with Crippen LogP contribution in [0, 0.1) is 0 Å². The standard InChI is InChI=1S/C35H27Cl4N3O2/c36-29-9-1-24(2-10-29)20-41(21-25-3-11-30(37)12-4-25)34(43)28-17-18-40-33(19-28)35(44)42(22-26-5-13-31(38)14-6-26)23-27-7-15-32(39)16-8-27/h1-19H,20-23H2. The highest BCUT2D eigenvalue weighted by Crippen LogP contribution is 2.21. The van der Waals surface area contributed by atoms with Gasteiger partial charge >= 0.3 is 0 Å². The molecule has 0 aliphatic carbocycles. The van der Waals surface area contributed by atoms with Gasteiger partial charge in [-0.2, -0.15) is 0 Å². The van der Waals surface area contributed by atoms with Gasteiger partial charge in [0.1, 0.15) is 5.69 Å². The number of amides is 2. The van der Waals surface area contributed by atoms with Gasteiger partial charge in [-0.15, -0.1) is 0 Å². The molecule has 1 aromatic heterocycles. The Kier molecular flexibility index (Phi) is 10.6. The number of benzene rings is 4. The van der Waals surface area contributed by atoms with Crippen LogP contribution in [0.4, 0.5) is 0 Å². The van der Waals surface area contributed by atoms with Gasteiger partial charge in [0.2, 0.25) is 0 Å². The van der Waals surface area contributed by atoms with Crippen molar-refractivity contribution >= 4 is 58.2 Å². The Labute approximate surface area is 276 Å². The molecule has 222 valence electrons. The number of halogens is 4. The van der Waals surface area contributed by atoms with Crippen molar-refractivity contribution in [2.24, 2.45) is 0 Å². The van der Waals surface area contributed by atoms with Crippen LogP contribution in [-0.2, 0) is 26.2 Å². The highest BCUT2D eigenvalue weighted by molar-refractivity contribution is 6.31. The minimum absolute atomic E-state index is 0.164. The van der Waals surface area contributed by atoms with Crippen molar-refractivity contribution in [3.8, 4) is 0 Å². The zero-order valence-electron chi connectivity index (χ0n) is 23.5. The molecule has 0 atom stereocenters. The number of pyridine rings is 1. The van der Waals surface area contributed by atoms with E-state index in [-0.39, 0.29) is 17.5 Å². The Bertz CT molecular complexity index is 1510. The highest BCUT2D eigenvalue weighted by atomic mass is 35.5. The van der Waals surface area contributed by atoms with E-state index in [1.807, 2.05) is 48.5 Å². The van der Waals surface area contributed by atoms with E-state index in [4.69, 9.17) is 46.4 Å². The maximum absolute atomic E-state index is 14.0. The second kappa shape index (κ2) is 14.7. The molecule has 5 aromatic rings. The lowest BCUT2D eigenvalue weighted by atomic mass is 10.1. The van der Waals surface area contributed by atoms with Gasteiger partial charge < -0.3 is 9.80 Å². The molecule has 0 aliphatic rings. The van der Waals surface area contributed by atoms with Crippen molar-refractivity contribution in [1.29, 1.82) is 0 Å². The molecule has 4 aromatic carbocycles. The summed E-state index contributed by atoms with van der Waals surface area (Å²) in [5.74, 6) is -0.556. The lowest BCUT2D eigenvalue weighted by molar-refractivity contribution is 0.0722. The van der Waals surface area contributed by atoms with E-state index in [0.29, 0.717) is 51.8 Å². The van der Waals surface area contributed by atoms with Gasteiger partial charge in [-0.05, 0) is 82.9 Å². The number of carbonyl (C=O) groups is 2. The highest BCUT2D eigenvalue weighted by Gasteiger charge is 2.22. The zero-order chi connectivity index (χ0) is 31.1. The maximum Gasteiger partial charge on any atom is 0.273 e. The van der Waals surface area contributed by atoms with Gasteiger partial charge in [0, 0.05) is 58.0 Å². The minimum atomic E-state index is -0.313. The van der Waals surface area contributed by atoms with Gasteiger partial charge in [0.15, 0.2) is 0 Å². The Hall–Kier alpha value is -3.87. The number of nitrogens with zero attached hydrogens (tertiary/aromatic N) is 3. The number of hydrogen-bond acceptors (Lipinski definition) is 3. The van der Waals surface area contributed by atoms with Gasteiger partial charge in [-0.1, -0.05) is 94.9 Å². The summed E-state index contributed by atoms with van der Waals surface area (Å²) in [5, 5.41) is 2.45. The quantitative estimate of drug-likeness (QED) is 0.150. The largest absolute Gasteiger partial charge is 0.330 e. The normalized spacial score (nSPS) is 10.8. The average molecular weight is 663 g/mol.